The van der Waals surface area contributed by atoms with Crippen LogP contribution in [0.4, 0.5) is 4.39 Å². The molecule has 0 radical (unpaired) electrons. The van der Waals surface area contributed by atoms with Crippen molar-refractivity contribution in [3.8, 4) is 5.75 Å². The number of sulfonamides is 1. The molecule has 0 aliphatic rings. The number of halogens is 1. The second-order valence-electron chi connectivity index (χ2n) is 4.25. The van der Waals surface area contributed by atoms with Crippen molar-refractivity contribution in [1.29, 1.82) is 0 Å². The molecule has 20 heavy (non-hydrogen) atoms. The van der Waals surface area contributed by atoms with Crippen molar-refractivity contribution in [2.24, 2.45) is 0 Å². The van der Waals surface area contributed by atoms with Crippen LogP contribution in [-0.2, 0) is 10.0 Å². The van der Waals surface area contributed by atoms with Crippen LogP contribution in [0.5, 0.6) is 5.75 Å². The zero-order valence-electron chi connectivity index (χ0n) is 11.4. The van der Waals surface area contributed by atoms with Gasteiger partial charge in [-0.2, -0.15) is 0 Å². The summed E-state index contributed by atoms with van der Waals surface area (Å²) in [5.41, 5.74) is 0. The van der Waals surface area contributed by atoms with Gasteiger partial charge >= 0.3 is 0 Å². The number of benzene rings is 1. The second kappa shape index (κ2) is 7.53. The lowest BCUT2D eigenvalue weighted by Gasteiger charge is -2.10. The minimum atomic E-state index is -3.76. The molecule has 1 atom stereocenters. The highest BCUT2D eigenvalue weighted by molar-refractivity contribution is 7.89. The van der Waals surface area contributed by atoms with Crippen molar-refractivity contribution < 1.29 is 22.7 Å². The Kier molecular flexibility index (Phi) is 6.34. The molecule has 0 aliphatic carbocycles. The molecule has 1 unspecified atom stereocenters. The molecule has 1 aromatic rings. The molecule has 1 aromatic carbocycles. The van der Waals surface area contributed by atoms with Crippen LogP contribution >= 0.6 is 0 Å². The predicted molar refractivity (Wildman–Crippen MR) is 72.7 cm³/mol. The van der Waals surface area contributed by atoms with Crippen LogP contribution in [0.1, 0.15) is 6.92 Å². The third-order valence-corrected chi connectivity index (χ3v) is 3.93. The van der Waals surface area contributed by atoms with Crippen LogP contribution in [0.15, 0.2) is 23.1 Å². The third kappa shape index (κ3) is 5.04. The molecule has 8 heteroatoms. The summed E-state index contributed by atoms with van der Waals surface area (Å²) in [4.78, 5) is -0.161. The average molecular weight is 306 g/mol. The molecule has 114 valence electrons. The fourth-order valence-corrected chi connectivity index (χ4v) is 2.53. The van der Waals surface area contributed by atoms with Crippen LogP contribution in [0.2, 0.25) is 0 Å². The van der Waals surface area contributed by atoms with E-state index >= 15 is 0 Å². The summed E-state index contributed by atoms with van der Waals surface area (Å²) >= 11 is 0. The van der Waals surface area contributed by atoms with Gasteiger partial charge in [0.15, 0.2) is 11.6 Å². The summed E-state index contributed by atoms with van der Waals surface area (Å²) in [6.45, 7) is 2.50. The fourth-order valence-electron chi connectivity index (χ4n) is 1.48. The van der Waals surface area contributed by atoms with E-state index in [1.54, 1.807) is 6.92 Å². The summed E-state index contributed by atoms with van der Waals surface area (Å²) in [6.07, 6.45) is -0.498. The lowest BCUT2D eigenvalue weighted by molar-refractivity contribution is 0.192. The molecule has 1 rings (SSSR count). The first-order valence-electron chi connectivity index (χ1n) is 6.09. The Morgan fingerprint density at radius 3 is 2.65 bits per heavy atom. The topological polar surface area (TPSA) is 87.7 Å². The van der Waals surface area contributed by atoms with Crippen molar-refractivity contribution in [2.45, 2.75) is 17.9 Å². The Hall–Kier alpha value is -1.22. The van der Waals surface area contributed by atoms with E-state index in [2.05, 4.69) is 10.0 Å². The van der Waals surface area contributed by atoms with Crippen LogP contribution in [0.3, 0.4) is 0 Å². The summed E-state index contributed by atoms with van der Waals surface area (Å²) in [6, 6.07) is 3.44. The van der Waals surface area contributed by atoms with E-state index in [0.29, 0.717) is 13.1 Å². The van der Waals surface area contributed by atoms with Crippen molar-refractivity contribution in [3.63, 3.8) is 0 Å². The van der Waals surface area contributed by atoms with Gasteiger partial charge in [0.05, 0.1) is 18.1 Å². The van der Waals surface area contributed by atoms with E-state index in [0.717, 1.165) is 6.07 Å². The van der Waals surface area contributed by atoms with Gasteiger partial charge in [-0.05, 0) is 25.1 Å². The van der Waals surface area contributed by atoms with Gasteiger partial charge in [0.1, 0.15) is 0 Å². The highest BCUT2D eigenvalue weighted by atomic mass is 32.2. The monoisotopic (exact) mass is 306 g/mol. The maximum absolute atomic E-state index is 13.5. The largest absolute Gasteiger partial charge is 0.494 e. The first-order valence-corrected chi connectivity index (χ1v) is 7.57. The Morgan fingerprint density at radius 1 is 1.40 bits per heavy atom. The number of ether oxygens (including phenoxy) is 1. The molecule has 0 saturated heterocycles. The number of methoxy groups -OCH3 is 1. The Balaban J connectivity index is 2.58. The van der Waals surface area contributed by atoms with E-state index in [-0.39, 0.29) is 17.2 Å². The van der Waals surface area contributed by atoms with Crippen LogP contribution in [0, 0.1) is 5.82 Å². The van der Waals surface area contributed by atoms with E-state index in [1.807, 2.05) is 0 Å². The molecular formula is C12H19FN2O4S. The van der Waals surface area contributed by atoms with Crippen LogP contribution in [-0.4, -0.2) is 46.4 Å². The summed E-state index contributed by atoms with van der Waals surface area (Å²) in [5, 5.41) is 11.9. The minimum Gasteiger partial charge on any atom is -0.494 e. The Morgan fingerprint density at radius 2 is 2.10 bits per heavy atom. The van der Waals surface area contributed by atoms with Gasteiger partial charge in [-0.15, -0.1) is 0 Å². The van der Waals surface area contributed by atoms with Crippen molar-refractivity contribution in [2.75, 3.05) is 26.7 Å². The molecule has 0 fully saturated rings. The summed E-state index contributed by atoms with van der Waals surface area (Å²) < 4.78 is 44.3. The highest BCUT2D eigenvalue weighted by Gasteiger charge is 2.15. The molecule has 0 spiro atoms. The predicted octanol–water partition coefficient (Wildman–Crippen LogP) is 0.0830. The first-order chi connectivity index (χ1) is 9.36. The SMILES string of the molecule is COc1ccc(S(=O)(=O)NCCNCC(C)O)cc1F. The lowest BCUT2D eigenvalue weighted by atomic mass is 10.3. The van der Waals surface area contributed by atoms with Crippen LogP contribution < -0.4 is 14.8 Å². The summed E-state index contributed by atoms with van der Waals surface area (Å²) in [5.74, 6) is -0.745. The maximum Gasteiger partial charge on any atom is 0.240 e. The fraction of sp³-hybridized carbons (Fsp3) is 0.500. The number of hydrogen-bond acceptors (Lipinski definition) is 5. The minimum absolute atomic E-state index is 0.0115. The molecule has 6 nitrogen and oxygen atoms in total. The van der Waals surface area contributed by atoms with E-state index < -0.39 is 21.9 Å². The zero-order valence-corrected chi connectivity index (χ0v) is 12.2. The summed E-state index contributed by atoms with van der Waals surface area (Å²) in [7, 11) is -2.45. The van der Waals surface area contributed by atoms with E-state index in [4.69, 9.17) is 9.84 Å². The van der Waals surface area contributed by atoms with Gasteiger partial charge in [-0.1, -0.05) is 0 Å². The highest BCUT2D eigenvalue weighted by Crippen LogP contribution is 2.20. The normalized spacial score (nSPS) is 13.2. The molecule has 0 amide bonds. The number of aliphatic hydroxyl groups is 1. The molecule has 0 heterocycles. The third-order valence-electron chi connectivity index (χ3n) is 2.47. The Labute approximate surface area is 118 Å². The zero-order chi connectivity index (χ0) is 15.2. The smallest absolute Gasteiger partial charge is 0.240 e. The molecule has 0 bridgehead atoms. The lowest BCUT2D eigenvalue weighted by Crippen LogP contribution is -2.34. The quantitative estimate of drug-likeness (QED) is 0.592. The number of hydrogen-bond donors (Lipinski definition) is 3. The first kappa shape index (κ1) is 16.8. The number of rotatable bonds is 8. The molecule has 0 aromatic heterocycles. The van der Waals surface area contributed by atoms with Crippen molar-refractivity contribution >= 4 is 10.0 Å². The van der Waals surface area contributed by atoms with Crippen LogP contribution in [0.25, 0.3) is 0 Å². The van der Waals surface area contributed by atoms with Gasteiger partial charge in [-0.25, -0.2) is 17.5 Å². The van der Waals surface area contributed by atoms with Crippen molar-refractivity contribution in [3.05, 3.63) is 24.0 Å². The van der Waals surface area contributed by atoms with Gasteiger partial charge in [0, 0.05) is 19.6 Å². The Bertz CT molecular complexity index is 534. The van der Waals surface area contributed by atoms with Gasteiger partial charge in [0.25, 0.3) is 0 Å². The molecule has 3 N–H and O–H groups in total. The second-order valence-corrected chi connectivity index (χ2v) is 6.01. The number of nitrogens with one attached hydrogen (secondary N) is 2. The maximum atomic E-state index is 13.5. The molecular weight excluding hydrogens is 287 g/mol. The van der Waals surface area contributed by atoms with Gasteiger partial charge in [-0.3, -0.25) is 0 Å². The van der Waals surface area contributed by atoms with Gasteiger partial charge < -0.3 is 15.2 Å². The standard InChI is InChI=1S/C12H19FN2O4S/c1-9(16)8-14-5-6-15-20(17,18)10-3-4-12(19-2)11(13)7-10/h3-4,7,9,14-16H,5-6,8H2,1-2H3. The van der Waals surface area contributed by atoms with Crippen molar-refractivity contribution in [1.82, 2.24) is 10.0 Å². The number of aliphatic hydroxyl groups excluding tert-OH is 1. The van der Waals surface area contributed by atoms with E-state index in [9.17, 15) is 12.8 Å². The average Bonchev–Trinajstić information content (AvgIpc) is 2.37. The van der Waals surface area contributed by atoms with E-state index in [1.165, 1.54) is 19.2 Å². The molecule has 0 aliphatic heterocycles. The van der Waals surface area contributed by atoms with Gasteiger partial charge in [0.2, 0.25) is 10.0 Å². The molecule has 0 saturated carbocycles.